The average molecular weight is 761 g/mol. The molecule has 11 heteroatoms. The van der Waals surface area contributed by atoms with E-state index >= 15 is 0 Å². The molecule has 0 saturated carbocycles. The number of rotatable bonds is 9. The van der Waals surface area contributed by atoms with Crippen molar-refractivity contribution < 1.29 is 50.1 Å². The number of Topliss-reactive ketones (excluding diaryl/α,β-unsaturated/α-hetero) is 1. The Kier molecular flexibility index (Phi) is 10.6. The number of benzene rings is 4. The van der Waals surface area contributed by atoms with Gasteiger partial charge in [-0.25, -0.2) is 0 Å². The summed E-state index contributed by atoms with van der Waals surface area (Å²) in [6, 6.07) is 11.4. The van der Waals surface area contributed by atoms with Crippen LogP contribution in [0.1, 0.15) is 85.5 Å². The second-order valence-electron chi connectivity index (χ2n) is 14.9. The van der Waals surface area contributed by atoms with E-state index in [9.17, 15) is 50.4 Å². The van der Waals surface area contributed by atoms with Gasteiger partial charge in [-0.05, 0) is 89.3 Å². The maximum absolute atomic E-state index is 15.0. The molecular weight excluding hydrogens is 716 g/mol. The van der Waals surface area contributed by atoms with Gasteiger partial charge in [0.05, 0.1) is 11.1 Å². The summed E-state index contributed by atoms with van der Waals surface area (Å²) in [7, 11) is 0. The van der Waals surface area contributed by atoms with Crippen LogP contribution in [0.4, 0.5) is 0 Å². The molecular formula is C45H44O11. The van der Waals surface area contributed by atoms with E-state index in [0.717, 1.165) is 35.4 Å². The van der Waals surface area contributed by atoms with Crippen molar-refractivity contribution in [3.8, 4) is 57.3 Å². The number of ketones is 1. The molecule has 56 heavy (non-hydrogen) atoms. The van der Waals surface area contributed by atoms with Crippen molar-refractivity contribution in [3.63, 3.8) is 0 Å². The monoisotopic (exact) mass is 760 g/mol. The lowest BCUT2D eigenvalue weighted by Gasteiger charge is -2.37. The lowest BCUT2D eigenvalue weighted by atomic mass is 9.65. The van der Waals surface area contributed by atoms with E-state index in [1.54, 1.807) is 19.1 Å². The second kappa shape index (κ2) is 15.3. The fourth-order valence-corrected chi connectivity index (χ4v) is 7.56. The highest BCUT2D eigenvalue weighted by Crippen LogP contribution is 2.54. The van der Waals surface area contributed by atoms with Gasteiger partial charge in [0.25, 0.3) is 0 Å². The Balaban J connectivity index is 1.63. The van der Waals surface area contributed by atoms with Crippen molar-refractivity contribution in [3.05, 3.63) is 128 Å². The summed E-state index contributed by atoms with van der Waals surface area (Å²) in [6.45, 7) is 9.21. The maximum Gasteiger partial charge on any atom is 0.200 e. The normalized spacial score (nSPS) is 16.7. The van der Waals surface area contributed by atoms with Crippen LogP contribution >= 0.6 is 0 Å². The van der Waals surface area contributed by atoms with Crippen LogP contribution in [0.25, 0.3) is 22.3 Å². The highest BCUT2D eigenvalue weighted by molar-refractivity contribution is 6.02. The molecule has 11 nitrogen and oxygen atoms in total. The van der Waals surface area contributed by atoms with Gasteiger partial charge in [-0.1, -0.05) is 41.0 Å². The summed E-state index contributed by atoms with van der Waals surface area (Å²) >= 11 is 0. The van der Waals surface area contributed by atoms with E-state index in [1.165, 1.54) is 30.3 Å². The van der Waals surface area contributed by atoms with Crippen LogP contribution in [-0.4, -0.2) is 46.6 Å². The first-order valence-corrected chi connectivity index (χ1v) is 18.1. The second-order valence-corrected chi connectivity index (χ2v) is 14.9. The Morgan fingerprint density at radius 2 is 1.39 bits per heavy atom. The molecule has 0 radical (unpaired) electrons. The standard InChI is InChI=1S/C45H44O11/c1-21(2)6-8-24-16-31(36(51)19-33(24)48)43(54)39-30(27-12-9-25(46)17-34(27)49)14-23(5)15-32(39)40-37(52)20-38-41(44(40)55)42(53)29(11-7-22(3)4)45(56-38)28-13-10-26(47)18-35(28)50/h6-7,9-10,12-13,15-20,30,32,39,46-52,55H,8,11,14H2,1-5H3/t30-,32-,39-/m1/s1. The van der Waals surface area contributed by atoms with Crippen LogP contribution in [0, 0.1) is 5.92 Å². The largest absolute Gasteiger partial charge is 0.508 e. The molecule has 4 aromatic carbocycles. The molecule has 0 saturated heterocycles. The zero-order chi connectivity index (χ0) is 40.7. The van der Waals surface area contributed by atoms with Gasteiger partial charge in [0, 0.05) is 53.1 Å². The van der Waals surface area contributed by atoms with E-state index in [1.807, 2.05) is 33.8 Å². The number of phenols is 8. The average Bonchev–Trinajstić information content (AvgIpc) is 3.10. The maximum atomic E-state index is 15.0. The number of aromatic hydroxyl groups is 8. The summed E-state index contributed by atoms with van der Waals surface area (Å²) in [6.07, 6.45) is 5.82. The molecule has 0 bridgehead atoms. The van der Waals surface area contributed by atoms with Crippen LogP contribution in [-0.2, 0) is 12.8 Å². The van der Waals surface area contributed by atoms with Crippen molar-refractivity contribution in [2.45, 2.75) is 65.7 Å². The van der Waals surface area contributed by atoms with Crippen LogP contribution < -0.4 is 5.43 Å². The van der Waals surface area contributed by atoms with Gasteiger partial charge < -0.3 is 45.3 Å². The lowest BCUT2D eigenvalue weighted by Crippen LogP contribution is -2.32. The van der Waals surface area contributed by atoms with Crippen molar-refractivity contribution in [1.82, 2.24) is 0 Å². The minimum absolute atomic E-state index is 0.0346. The SMILES string of the molecule is CC(C)=CCc1cc(C(=O)[C@@H]2[C@@H](c3ccc(O)cc3O)CC(C)=C[C@H]2c2c(O)cc3oc(-c4ccc(O)cc4O)c(CC=C(C)C)c(=O)c3c2O)c(O)cc1O. The predicted octanol–water partition coefficient (Wildman–Crippen LogP) is 8.84. The smallest absolute Gasteiger partial charge is 0.200 e. The van der Waals surface area contributed by atoms with Gasteiger partial charge in [-0.3, -0.25) is 9.59 Å². The van der Waals surface area contributed by atoms with Crippen molar-refractivity contribution in [1.29, 1.82) is 0 Å². The third kappa shape index (κ3) is 7.40. The van der Waals surface area contributed by atoms with E-state index in [0.29, 0.717) is 11.1 Å². The Bertz CT molecular complexity index is 2550. The van der Waals surface area contributed by atoms with Gasteiger partial charge in [-0.15, -0.1) is 0 Å². The molecule has 1 heterocycles. The summed E-state index contributed by atoms with van der Waals surface area (Å²) in [5.74, 6) is -6.94. The Morgan fingerprint density at radius 3 is 2.04 bits per heavy atom. The number of hydrogen-bond acceptors (Lipinski definition) is 11. The first-order chi connectivity index (χ1) is 26.5. The minimum atomic E-state index is -1.24. The Morgan fingerprint density at radius 1 is 0.750 bits per heavy atom. The van der Waals surface area contributed by atoms with Crippen molar-refractivity contribution in [2.24, 2.45) is 5.92 Å². The highest BCUT2D eigenvalue weighted by Gasteiger charge is 2.44. The number of hydrogen-bond donors (Lipinski definition) is 8. The lowest BCUT2D eigenvalue weighted by molar-refractivity contribution is 0.0876. The summed E-state index contributed by atoms with van der Waals surface area (Å²) in [5, 5.41) is 87.4. The molecule has 0 fully saturated rings. The van der Waals surface area contributed by atoms with Crippen LogP contribution in [0.2, 0.25) is 0 Å². The molecule has 0 unspecified atom stereocenters. The molecule has 290 valence electrons. The van der Waals surface area contributed by atoms with Crippen LogP contribution in [0.15, 0.2) is 98.8 Å². The van der Waals surface area contributed by atoms with Gasteiger partial charge in [0.1, 0.15) is 62.7 Å². The fourth-order valence-electron chi connectivity index (χ4n) is 7.56. The summed E-state index contributed by atoms with van der Waals surface area (Å²) < 4.78 is 6.19. The van der Waals surface area contributed by atoms with Crippen molar-refractivity contribution >= 4 is 16.8 Å². The van der Waals surface area contributed by atoms with E-state index in [4.69, 9.17) is 4.42 Å². The zero-order valence-corrected chi connectivity index (χ0v) is 31.6. The van der Waals surface area contributed by atoms with Crippen LogP contribution in [0.5, 0.6) is 46.0 Å². The number of carbonyl (C=O) groups is 1. The Labute approximate surface area is 322 Å². The summed E-state index contributed by atoms with van der Waals surface area (Å²) in [5.41, 5.74) is 2.14. The quantitative estimate of drug-likeness (QED) is 0.0526. The molecule has 1 aliphatic carbocycles. The van der Waals surface area contributed by atoms with Gasteiger partial charge >= 0.3 is 0 Å². The van der Waals surface area contributed by atoms with E-state index in [2.05, 4.69) is 0 Å². The van der Waals surface area contributed by atoms with E-state index < -0.39 is 46.2 Å². The topological polar surface area (TPSA) is 209 Å². The molecule has 1 aromatic heterocycles. The minimum Gasteiger partial charge on any atom is -0.508 e. The van der Waals surface area contributed by atoms with Gasteiger partial charge in [-0.2, -0.15) is 0 Å². The predicted molar refractivity (Wildman–Crippen MR) is 212 cm³/mol. The number of carbonyl (C=O) groups excluding carboxylic acids is 1. The first kappa shape index (κ1) is 39.1. The van der Waals surface area contributed by atoms with E-state index in [-0.39, 0.29) is 92.6 Å². The Hall–Kier alpha value is -6.62. The number of allylic oxidation sites excluding steroid dienone is 6. The molecule has 0 spiro atoms. The van der Waals surface area contributed by atoms with Gasteiger partial charge in [0.2, 0.25) is 5.43 Å². The number of fused-ring (bicyclic) bond motifs is 1. The molecule has 5 aromatic rings. The molecule has 0 amide bonds. The molecule has 3 atom stereocenters. The first-order valence-electron chi connectivity index (χ1n) is 18.1. The third-order valence-corrected chi connectivity index (χ3v) is 10.3. The molecule has 0 aliphatic heterocycles. The summed E-state index contributed by atoms with van der Waals surface area (Å²) in [4.78, 5) is 29.5. The molecule has 1 aliphatic rings. The third-order valence-electron chi connectivity index (χ3n) is 10.3. The molecule has 8 N–H and O–H groups in total. The van der Waals surface area contributed by atoms with Crippen LogP contribution in [0.3, 0.4) is 0 Å². The van der Waals surface area contributed by atoms with Crippen molar-refractivity contribution in [2.75, 3.05) is 0 Å². The number of phenolic OH excluding ortho intramolecular Hbond substituents is 8. The fraction of sp³-hybridized carbons (Fsp3) is 0.244. The molecule has 6 rings (SSSR count). The zero-order valence-electron chi connectivity index (χ0n) is 31.6. The highest BCUT2D eigenvalue weighted by atomic mass is 16.3. The van der Waals surface area contributed by atoms with Gasteiger partial charge in [0.15, 0.2) is 5.78 Å².